The number of nitrogens with one attached hydrogen (secondary N) is 1. The zero-order valence-corrected chi connectivity index (χ0v) is 19.7. The molecule has 1 unspecified atom stereocenters. The van der Waals surface area contributed by atoms with Crippen LogP contribution in [0.2, 0.25) is 0 Å². The number of aryl methyl sites for hydroxylation is 1. The number of benzene rings is 2. The summed E-state index contributed by atoms with van der Waals surface area (Å²) in [6.07, 6.45) is 0.234. The molecule has 0 amide bonds. The van der Waals surface area contributed by atoms with Gasteiger partial charge in [-0.05, 0) is 75.4 Å². The predicted octanol–water partition coefficient (Wildman–Crippen LogP) is 4.67. The number of carbonyl (C=O) groups is 1. The van der Waals surface area contributed by atoms with Crippen LogP contribution in [0.1, 0.15) is 67.9 Å². The summed E-state index contributed by atoms with van der Waals surface area (Å²) >= 11 is 0. The fourth-order valence-corrected chi connectivity index (χ4v) is 4.25. The molecule has 6 nitrogen and oxygen atoms in total. The first-order chi connectivity index (χ1) is 14.6. The zero-order valence-electron chi connectivity index (χ0n) is 19.7. The van der Waals surface area contributed by atoms with Crippen molar-refractivity contribution in [1.82, 2.24) is 5.12 Å². The van der Waals surface area contributed by atoms with Gasteiger partial charge in [-0.3, -0.25) is 15.2 Å². The number of ether oxygens (including phenoxy) is 1. The monoisotopic (exact) mass is 425 g/mol. The van der Waals surface area contributed by atoms with Crippen LogP contribution in [-0.2, 0) is 16.1 Å². The van der Waals surface area contributed by atoms with Gasteiger partial charge in [-0.2, -0.15) is 0 Å². The topological polar surface area (TPSA) is 65.0 Å². The lowest BCUT2D eigenvalue weighted by Gasteiger charge is -2.25. The van der Waals surface area contributed by atoms with Crippen molar-refractivity contribution < 1.29 is 14.6 Å². The lowest BCUT2D eigenvalue weighted by Crippen LogP contribution is -2.37. The van der Waals surface area contributed by atoms with Gasteiger partial charge in [0.15, 0.2) is 0 Å². The highest BCUT2D eigenvalue weighted by Gasteiger charge is 2.29. The summed E-state index contributed by atoms with van der Waals surface area (Å²) in [6.45, 7) is 12.7. The molecule has 0 bridgehead atoms. The van der Waals surface area contributed by atoms with Crippen molar-refractivity contribution in [2.45, 2.75) is 66.1 Å². The number of nitrogens with zero attached hydrogens (tertiary/aromatic N) is 2. The molecule has 2 aromatic carbocycles. The van der Waals surface area contributed by atoms with E-state index in [9.17, 15) is 9.90 Å². The highest BCUT2D eigenvalue weighted by Crippen LogP contribution is 2.42. The van der Waals surface area contributed by atoms with E-state index in [0.29, 0.717) is 0 Å². The predicted molar refractivity (Wildman–Crippen MR) is 125 cm³/mol. The standard InChI is InChI=1S/C25H35N3O3/c1-8-28-22-12-11-20(17(3)24(22)26-27(28)7)21(14-23(30)31-25(4,5)6)18-10-9-16(2)19(13-18)15-29/h9-13,21,26,29H,8,14-15H2,1-7H3. The molecule has 0 aromatic heterocycles. The molecule has 2 N–H and O–H groups in total. The van der Waals surface area contributed by atoms with Crippen molar-refractivity contribution >= 4 is 17.3 Å². The zero-order chi connectivity index (χ0) is 22.9. The van der Waals surface area contributed by atoms with Gasteiger partial charge in [-0.25, -0.2) is 0 Å². The fourth-order valence-electron chi connectivity index (χ4n) is 4.25. The maximum atomic E-state index is 12.8. The van der Waals surface area contributed by atoms with Gasteiger partial charge in [0, 0.05) is 19.5 Å². The van der Waals surface area contributed by atoms with Crippen LogP contribution in [0.4, 0.5) is 11.4 Å². The van der Waals surface area contributed by atoms with Crippen LogP contribution < -0.4 is 10.4 Å². The lowest BCUT2D eigenvalue weighted by atomic mass is 9.84. The maximum absolute atomic E-state index is 12.8. The van der Waals surface area contributed by atoms with E-state index >= 15 is 0 Å². The minimum absolute atomic E-state index is 0.0280. The average Bonchev–Trinajstić information content (AvgIpc) is 3.02. The molecule has 168 valence electrons. The average molecular weight is 426 g/mol. The highest BCUT2D eigenvalue weighted by atomic mass is 16.6. The van der Waals surface area contributed by atoms with E-state index < -0.39 is 5.60 Å². The number of fused-ring (bicyclic) bond motifs is 1. The molecule has 1 atom stereocenters. The van der Waals surface area contributed by atoms with Crippen LogP contribution in [-0.4, -0.2) is 35.4 Å². The van der Waals surface area contributed by atoms with Gasteiger partial charge in [0.25, 0.3) is 0 Å². The molecule has 0 spiro atoms. The first-order valence-electron chi connectivity index (χ1n) is 10.9. The molecule has 1 aliphatic heterocycles. The molecule has 1 aliphatic rings. The third-order valence-corrected chi connectivity index (χ3v) is 5.81. The number of aliphatic hydroxyl groups excluding tert-OH is 1. The first-order valence-corrected chi connectivity index (χ1v) is 10.9. The van der Waals surface area contributed by atoms with Gasteiger partial charge < -0.3 is 9.84 Å². The van der Waals surface area contributed by atoms with Crippen LogP contribution >= 0.6 is 0 Å². The molecule has 3 rings (SSSR count). The van der Waals surface area contributed by atoms with Crippen molar-refractivity contribution in [2.75, 3.05) is 24.0 Å². The van der Waals surface area contributed by atoms with E-state index in [1.165, 1.54) is 0 Å². The Hall–Kier alpha value is -2.57. The number of rotatable bonds is 6. The quantitative estimate of drug-likeness (QED) is 0.656. The molecule has 0 saturated carbocycles. The van der Waals surface area contributed by atoms with Crippen molar-refractivity contribution in [3.8, 4) is 0 Å². The molecule has 0 radical (unpaired) electrons. The Bertz CT molecular complexity index is 965. The number of anilines is 2. The molecule has 0 aliphatic carbocycles. The van der Waals surface area contributed by atoms with Crippen molar-refractivity contribution in [3.63, 3.8) is 0 Å². The second-order valence-electron chi connectivity index (χ2n) is 9.21. The number of carbonyl (C=O) groups excluding carboxylic acids is 1. The Labute approximate surface area is 185 Å². The third-order valence-electron chi connectivity index (χ3n) is 5.81. The molecule has 2 aromatic rings. The normalized spacial score (nSPS) is 14.9. The second kappa shape index (κ2) is 8.89. The van der Waals surface area contributed by atoms with Gasteiger partial charge >= 0.3 is 5.97 Å². The molecular weight excluding hydrogens is 390 g/mol. The number of hydrogen-bond donors (Lipinski definition) is 2. The number of hydrazine groups is 2. The molecule has 31 heavy (non-hydrogen) atoms. The van der Waals surface area contributed by atoms with E-state index in [2.05, 4.69) is 36.4 Å². The van der Waals surface area contributed by atoms with E-state index in [-0.39, 0.29) is 24.9 Å². The summed E-state index contributed by atoms with van der Waals surface area (Å²) in [6, 6.07) is 10.3. The van der Waals surface area contributed by atoms with Crippen molar-refractivity contribution in [2.24, 2.45) is 0 Å². The van der Waals surface area contributed by atoms with E-state index in [1.807, 2.05) is 58.1 Å². The third kappa shape index (κ3) is 4.86. The smallest absolute Gasteiger partial charge is 0.307 e. The van der Waals surface area contributed by atoms with Crippen LogP contribution in [0, 0.1) is 13.8 Å². The van der Waals surface area contributed by atoms with Crippen LogP contribution in [0.3, 0.4) is 0 Å². The second-order valence-corrected chi connectivity index (χ2v) is 9.21. The Morgan fingerprint density at radius 3 is 2.52 bits per heavy atom. The van der Waals surface area contributed by atoms with E-state index in [1.54, 1.807) is 0 Å². The Balaban J connectivity index is 2.07. The lowest BCUT2D eigenvalue weighted by molar-refractivity contribution is -0.155. The molecule has 0 saturated heterocycles. The Morgan fingerprint density at radius 1 is 1.19 bits per heavy atom. The van der Waals surface area contributed by atoms with Crippen molar-refractivity contribution in [1.29, 1.82) is 0 Å². The van der Waals surface area contributed by atoms with E-state index in [4.69, 9.17) is 4.74 Å². The molecular formula is C25H35N3O3. The number of hydrogen-bond acceptors (Lipinski definition) is 6. The fraction of sp³-hybridized carbons (Fsp3) is 0.480. The number of esters is 1. The summed E-state index contributed by atoms with van der Waals surface area (Å²) in [5.74, 6) is -0.405. The Kier molecular flexibility index (Phi) is 6.62. The van der Waals surface area contributed by atoms with Crippen LogP contribution in [0.15, 0.2) is 30.3 Å². The molecule has 0 fully saturated rings. The first kappa shape index (κ1) is 23.1. The van der Waals surface area contributed by atoms with Gasteiger partial charge in [0.2, 0.25) is 0 Å². The van der Waals surface area contributed by atoms with Gasteiger partial charge in [-0.15, -0.1) is 5.12 Å². The molecule has 1 heterocycles. The minimum Gasteiger partial charge on any atom is -0.460 e. The summed E-state index contributed by atoms with van der Waals surface area (Å²) < 4.78 is 5.66. The van der Waals surface area contributed by atoms with Gasteiger partial charge in [0.05, 0.1) is 24.4 Å². The largest absolute Gasteiger partial charge is 0.460 e. The molecule has 6 heteroatoms. The summed E-state index contributed by atoms with van der Waals surface area (Å²) in [5, 5.41) is 13.9. The SMILES string of the molecule is CCN1c2ccc(C(CC(=O)OC(C)(C)C)c3ccc(C)c(CO)c3)c(C)c2NN1C. The van der Waals surface area contributed by atoms with Crippen molar-refractivity contribution in [3.05, 3.63) is 58.1 Å². The van der Waals surface area contributed by atoms with Crippen LogP contribution in [0.5, 0.6) is 0 Å². The van der Waals surface area contributed by atoms with E-state index in [0.717, 1.165) is 45.7 Å². The minimum atomic E-state index is -0.538. The van der Waals surface area contributed by atoms with Gasteiger partial charge in [0.1, 0.15) is 5.60 Å². The number of aliphatic hydroxyl groups is 1. The summed E-state index contributed by atoms with van der Waals surface area (Å²) in [5.41, 5.74) is 10.2. The maximum Gasteiger partial charge on any atom is 0.307 e. The van der Waals surface area contributed by atoms with Gasteiger partial charge in [-0.1, -0.05) is 24.3 Å². The summed E-state index contributed by atoms with van der Waals surface area (Å²) in [4.78, 5) is 12.8. The summed E-state index contributed by atoms with van der Waals surface area (Å²) in [7, 11) is 1.99. The highest BCUT2D eigenvalue weighted by molar-refractivity contribution is 5.79. The Morgan fingerprint density at radius 2 is 1.90 bits per heavy atom. The van der Waals surface area contributed by atoms with Crippen LogP contribution in [0.25, 0.3) is 0 Å².